The van der Waals surface area contributed by atoms with Gasteiger partial charge in [-0.05, 0) is 30.5 Å². The standard InChI is InChI=1S/C16H23N3O5S/c1-2-3-4-9-17-15(21)8-6-12-5-7-13(14(20)10-12)19-11-16(22)18-25(19,23)24/h5,7,10,20H,2-4,6,8-9,11H2,1H3,(H,17,21)(H,18,22). The Morgan fingerprint density at radius 3 is 2.72 bits per heavy atom. The van der Waals surface area contributed by atoms with Crippen molar-refractivity contribution in [1.82, 2.24) is 10.0 Å². The highest BCUT2D eigenvalue weighted by Crippen LogP contribution is 2.31. The minimum Gasteiger partial charge on any atom is -0.506 e. The zero-order valence-electron chi connectivity index (χ0n) is 14.1. The summed E-state index contributed by atoms with van der Waals surface area (Å²) in [5, 5.41) is 12.9. The molecule has 0 spiro atoms. The van der Waals surface area contributed by atoms with E-state index in [0.717, 1.165) is 23.6 Å². The number of aryl methyl sites for hydroxylation is 1. The molecule has 2 amide bonds. The largest absolute Gasteiger partial charge is 0.506 e. The van der Waals surface area contributed by atoms with E-state index in [1.54, 1.807) is 6.07 Å². The van der Waals surface area contributed by atoms with Crippen LogP contribution in [-0.2, 0) is 26.2 Å². The van der Waals surface area contributed by atoms with E-state index in [4.69, 9.17) is 0 Å². The molecule has 8 nitrogen and oxygen atoms in total. The molecule has 3 N–H and O–H groups in total. The number of phenolic OH excluding ortho intramolecular Hbond substituents is 1. The van der Waals surface area contributed by atoms with Gasteiger partial charge in [-0.3, -0.25) is 9.59 Å². The van der Waals surface area contributed by atoms with Crippen molar-refractivity contribution in [2.24, 2.45) is 0 Å². The molecule has 1 aliphatic rings. The number of hydrogen-bond acceptors (Lipinski definition) is 5. The molecule has 0 aliphatic carbocycles. The van der Waals surface area contributed by atoms with Crippen molar-refractivity contribution >= 4 is 27.7 Å². The second kappa shape index (κ2) is 8.19. The van der Waals surface area contributed by atoms with E-state index < -0.39 is 16.1 Å². The molecule has 0 saturated carbocycles. The number of carbonyl (C=O) groups is 2. The molecule has 0 radical (unpaired) electrons. The van der Waals surface area contributed by atoms with Gasteiger partial charge in [-0.2, -0.15) is 8.42 Å². The quantitative estimate of drug-likeness (QED) is 0.587. The molecule has 0 aromatic heterocycles. The lowest BCUT2D eigenvalue weighted by Gasteiger charge is -2.16. The fourth-order valence-electron chi connectivity index (χ4n) is 2.55. The van der Waals surface area contributed by atoms with Crippen LogP contribution in [0.5, 0.6) is 5.75 Å². The highest BCUT2D eigenvalue weighted by atomic mass is 32.2. The summed E-state index contributed by atoms with van der Waals surface area (Å²) in [6.07, 6.45) is 3.83. The number of nitrogens with zero attached hydrogens (tertiary/aromatic N) is 1. The van der Waals surface area contributed by atoms with Gasteiger partial charge in [0.05, 0.1) is 5.69 Å². The Balaban J connectivity index is 1.94. The number of amides is 2. The van der Waals surface area contributed by atoms with Crippen LogP contribution in [0.15, 0.2) is 18.2 Å². The Bertz CT molecular complexity index is 748. The third-order valence-corrected chi connectivity index (χ3v) is 5.26. The zero-order chi connectivity index (χ0) is 18.4. The summed E-state index contributed by atoms with van der Waals surface area (Å²) in [5.41, 5.74) is 0.743. The molecule has 0 unspecified atom stereocenters. The molecule has 2 rings (SSSR count). The Kier molecular flexibility index (Phi) is 6.24. The van der Waals surface area contributed by atoms with E-state index in [0.29, 0.717) is 18.5 Å². The highest BCUT2D eigenvalue weighted by molar-refractivity contribution is 7.92. The first kappa shape index (κ1) is 19.0. The number of rotatable bonds is 8. The van der Waals surface area contributed by atoms with Gasteiger partial charge in [-0.15, -0.1) is 0 Å². The van der Waals surface area contributed by atoms with Crippen LogP contribution in [0, 0.1) is 0 Å². The van der Waals surface area contributed by atoms with Gasteiger partial charge in [-0.1, -0.05) is 25.8 Å². The normalized spacial score (nSPS) is 15.9. The first-order valence-corrected chi connectivity index (χ1v) is 9.69. The lowest BCUT2D eigenvalue weighted by Crippen LogP contribution is -2.29. The smallest absolute Gasteiger partial charge is 0.326 e. The number of nitrogens with one attached hydrogen (secondary N) is 2. The molecule has 1 saturated heterocycles. The summed E-state index contributed by atoms with van der Waals surface area (Å²) in [5.74, 6) is -0.958. The maximum atomic E-state index is 11.8. The Hall–Kier alpha value is -2.29. The van der Waals surface area contributed by atoms with Crippen LogP contribution in [0.1, 0.15) is 38.2 Å². The summed E-state index contributed by atoms with van der Waals surface area (Å²) < 4.78 is 26.3. The van der Waals surface area contributed by atoms with E-state index in [9.17, 15) is 23.1 Å². The molecule has 25 heavy (non-hydrogen) atoms. The molecular weight excluding hydrogens is 346 g/mol. The number of benzene rings is 1. The maximum absolute atomic E-state index is 11.8. The average Bonchev–Trinajstić information content (AvgIpc) is 2.82. The molecule has 1 aromatic carbocycles. The van der Waals surface area contributed by atoms with E-state index in [2.05, 4.69) is 12.2 Å². The number of aromatic hydroxyl groups is 1. The van der Waals surface area contributed by atoms with E-state index in [-0.39, 0.29) is 30.3 Å². The summed E-state index contributed by atoms with van der Waals surface area (Å²) in [6.45, 7) is 2.39. The second-order valence-electron chi connectivity index (χ2n) is 5.92. The lowest BCUT2D eigenvalue weighted by atomic mass is 10.1. The van der Waals surface area contributed by atoms with Crippen molar-refractivity contribution in [1.29, 1.82) is 0 Å². The second-order valence-corrected chi connectivity index (χ2v) is 7.51. The Morgan fingerprint density at radius 1 is 1.36 bits per heavy atom. The minimum atomic E-state index is -3.96. The van der Waals surface area contributed by atoms with Crippen molar-refractivity contribution in [3.63, 3.8) is 0 Å². The highest BCUT2D eigenvalue weighted by Gasteiger charge is 2.35. The van der Waals surface area contributed by atoms with Crippen LogP contribution in [0.3, 0.4) is 0 Å². The van der Waals surface area contributed by atoms with Gasteiger partial charge in [0.25, 0.3) is 5.91 Å². The number of hydrogen-bond donors (Lipinski definition) is 3. The summed E-state index contributed by atoms with van der Waals surface area (Å²) in [4.78, 5) is 23.0. The minimum absolute atomic E-state index is 0.0334. The predicted octanol–water partition coefficient (Wildman–Crippen LogP) is 0.812. The molecule has 1 fully saturated rings. The van der Waals surface area contributed by atoms with Crippen LogP contribution in [0.4, 0.5) is 5.69 Å². The molecule has 0 atom stereocenters. The molecular formula is C16H23N3O5S. The number of anilines is 1. The van der Waals surface area contributed by atoms with Gasteiger partial charge in [-0.25, -0.2) is 9.03 Å². The summed E-state index contributed by atoms with van der Waals surface area (Å²) in [7, 11) is -3.96. The van der Waals surface area contributed by atoms with Crippen molar-refractivity contribution < 1.29 is 23.1 Å². The summed E-state index contributed by atoms with van der Waals surface area (Å²) in [6, 6.07) is 4.48. The van der Waals surface area contributed by atoms with Crippen LogP contribution in [0.25, 0.3) is 0 Å². The molecule has 1 heterocycles. The van der Waals surface area contributed by atoms with E-state index in [1.807, 2.05) is 4.72 Å². The maximum Gasteiger partial charge on any atom is 0.326 e. The van der Waals surface area contributed by atoms with Crippen LogP contribution < -0.4 is 14.3 Å². The van der Waals surface area contributed by atoms with Crippen molar-refractivity contribution in [2.45, 2.75) is 39.0 Å². The van der Waals surface area contributed by atoms with Crippen LogP contribution >= 0.6 is 0 Å². The number of carbonyl (C=O) groups excluding carboxylic acids is 2. The monoisotopic (exact) mass is 369 g/mol. The van der Waals surface area contributed by atoms with Gasteiger partial charge in [0.2, 0.25) is 5.91 Å². The van der Waals surface area contributed by atoms with Gasteiger partial charge in [0.15, 0.2) is 0 Å². The SMILES string of the molecule is CCCCCNC(=O)CCc1ccc(N2CC(=O)NS2(=O)=O)c(O)c1. The molecule has 9 heteroatoms. The Labute approximate surface area is 147 Å². The zero-order valence-corrected chi connectivity index (χ0v) is 14.9. The molecule has 1 aromatic rings. The summed E-state index contributed by atoms with van der Waals surface area (Å²) >= 11 is 0. The predicted molar refractivity (Wildman–Crippen MR) is 93.4 cm³/mol. The first-order chi connectivity index (χ1) is 11.8. The fourth-order valence-corrected chi connectivity index (χ4v) is 3.71. The first-order valence-electron chi connectivity index (χ1n) is 8.25. The third-order valence-electron chi connectivity index (χ3n) is 3.87. The average molecular weight is 369 g/mol. The molecule has 138 valence electrons. The number of unbranched alkanes of at least 4 members (excludes halogenated alkanes) is 2. The Morgan fingerprint density at radius 2 is 2.12 bits per heavy atom. The fraction of sp³-hybridized carbons (Fsp3) is 0.500. The van der Waals surface area contributed by atoms with Crippen LogP contribution in [-0.4, -0.2) is 38.4 Å². The van der Waals surface area contributed by atoms with Crippen molar-refractivity contribution in [3.8, 4) is 5.75 Å². The van der Waals surface area contributed by atoms with Crippen molar-refractivity contribution in [2.75, 3.05) is 17.4 Å². The van der Waals surface area contributed by atoms with Gasteiger partial charge in [0, 0.05) is 13.0 Å². The van der Waals surface area contributed by atoms with E-state index >= 15 is 0 Å². The molecule has 0 bridgehead atoms. The molecule has 1 aliphatic heterocycles. The number of phenols is 1. The topological polar surface area (TPSA) is 116 Å². The van der Waals surface area contributed by atoms with Gasteiger partial charge in [0.1, 0.15) is 12.3 Å². The lowest BCUT2D eigenvalue weighted by molar-refractivity contribution is -0.121. The van der Waals surface area contributed by atoms with E-state index in [1.165, 1.54) is 12.1 Å². The van der Waals surface area contributed by atoms with Gasteiger partial charge >= 0.3 is 10.2 Å². The van der Waals surface area contributed by atoms with Crippen LogP contribution in [0.2, 0.25) is 0 Å². The third kappa shape index (κ3) is 5.09. The van der Waals surface area contributed by atoms with Crippen molar-refractivity contribution in [3.05, 3.63) is 23.8 Å². The van der Waals surface area contributed by atoms with Gasteiger partial charge < -0.3 is 10.4 Å².